The number of fused-ring (bicyclic) bond motifs is 11. The average Bonchev–Trinajstić information content (AvgIpc) is 3.66. The first-order valence-corrected chi connectivity index (χ1v) is 19.1. The SMILES string of the molecule is c1ccc(-c2cccc(N(c3ccc4c(c3)C3(CCC5(CC3)c3ccccc3-c3ccccc35)c3ccccc3-4)c3ccc4ccccc4c3)c2)cc1. The molecule has 1 fully saturated rings. The van der Waals surface area contributed by atoms with Crippen LogP contribution in [0.1, 0.15) is 47.9 Å². The first kappa shape index (κ1) is 30.4. The fourth-order valence-corrected chi connectivity index (χ4v) is 10.4. The highest BCUT2D eigenvalue weighted by Crippen LogP contribution is 2.64. The zero-order chi connectivity index (χ0) is 35.0. The Bertz CT molecular complexity index is 2650. The molecule has 0 aliphatic heterocycles. The quantitative estimate of drug-likeness (QED) is 0.179. The summed E-state index contributed by atoms with van der Waals surface area (Å²) >= 11 is 0. The third-order valence-electron chi connectivity index (χ3n) is 12.8. The predicted molar refractivity (Wildman–Crippen MR) is 221 cm³/mol. The summed E-state index contributed by atoms with van der Waals surface area (Å²) in [6.07, 6.45) is 4.49. The topological polar surface area (TPSA) is 3.24 Å². The number of anilines is 3. The van der Waals surface area contributed by atoms with Gasteiger partial charge in [0.2, 0.25) is 0 Å². The van der Waals surface area contributed by atoms with Gasteiger partial charge in [0.1, 0.15) is 0 Å². The van der Waals surface area contributed by atoms with Crippen LogP contribution >= 0.6 is 0 Å². The summed E-state index contributed by atoms with van der Waals surface area (Å²) in [4.78, 5) is 2.48. The Morgan fingerprint density at radius 2 is 0.774 bits per heavy atom. The Hall–Kier alpha value is -6.18. The van der Waals surface area contributed by atoms with Crippen LogP contribution in [0.4, 0.5) is 17.1 Å². The fourth-order valence-electron chi connectivity index (χ4n) is 10.4. The molecule has 53 heavy (non-hydrogen) atoms. The van der Waals surface area contributed by atoms with Crippen LogP contribution in [0.3, 0.4) is 0 Å². The summed E-state index contributed by atoms with van der Waals surface area (Å²) in [5.41, 5.74) is 17.7. The molecule has 0 heterocycles. The number of hydrogen-bond donors (Lipinski definition) is 0. The molecule has 0 aromatic heterocycles. The van der Waals surface area contributed by atoms with Gasteiger partial charge in [0.25, 0.3) is 0 Å². The monoisotopic (exact) mass is 677 g/mol. The fraction of sp³-hybridized carbons (Fsp3) is 0.115. The van der Waals surface area contributed by atoms with E-state index >= 15 is 0 Å². The molecule has 0 unspecified atom stereocenters. The normalized spacial score (nSPS) is 15.5. The molecule has 0 amide bonds. The lowest BCUT2D eigenvalue weighted by Crippen LogP contribution is -2.39. The molecule has 0 bridgehead atoms. The van der Waals surface area contributed by atoms with E-state index in [0.29, 0.717) is 0 Å². The van der Waals surface area contributed by atoms with Crippen molar-refractivity contribution < 1.29 is 0 Å². The maximum absolute atomic E-state index is 2.55. The minimum absolute atomic E-state index is 0.0411. The second-order valence-electron chi connectivity index (χ2n) is 15.3. The summed E-state index contributed by atoms with van der Waals surface area (Å²) in [5.74, 6) is 0. The summed E-state index contributed by atoms with van der Waals surface area (Å²) in [7, 11) is 0. The lowest BCUT2D eigenvalue weighted by Gasteiger charge is -2.45. The first-order chi connectivity index (χ1) is 26.2. The van der Waals surface area contributed by atoms with Crippen LogP contribution in [-0.2, 0) is 10.8 Å². The minimum Gasteiger partial charge on any atom is -0.310 e. The van der Waals surface area contributed by atoms with Gasteiger partial charge in [0, 0.05) is 27.9 Å². The summed E-state index contributed by atoms with van der Waals surface area (Å²) < 4.78 is 0. The maximum atomic E-state index is 2.55. The van der Waals surface area contributed by atoms with Gasteiger partial charge in [-0.3, -0.25) is 0 Å². The summed E-state index contributed by atoms with van der Waals surface area (Å²) in [6.45, 7) is 0. The lowest BCUT2D eigenvalue weighted by molar-refractivity contribution is 0.265. The van der Waals surface area contributed by atoms with Crippen LogP contribution in [0.15, 0.2) is 188 Å². The van der Waals surface area contributed by atoms with Crippen molar-refractivity contribution >= 4 is 27.8 Å². The molecule has 1 nitrogen and oxygen atoms in total. The zero-order valence-corrected chi connectivity index (χ0v) is 29.7. The molecule has 3 aliphatic rings. The van der Waals surface area contributed by atoms with Crippen molar-refractivity contribution in [3.63, 3.8) is 0 Å². The first-order valence-electron chi connectivity index (χ1n) is 19.1. The molecule has 252 valence electrons. The second kappa shape index (κ2) is 11.7. The molecule has 3 aliphatic carbocycles. The Labute approximate surface area is 311 Å². The highest BCUT2D eigenvalue weighted by atomic mass is 15.1. The van der Waals surface area contributed by atoms with Gasteiger partial charge in [-0.05, 0) is 128 Å². The highest BCUT2D eigenvalue weighted by Gasteiger charge is 2.53. The van der Waals surface area contributed by atoms with Crippen LogP contribution in [-0.4, -0.2) is 0 Å². The van der Waals surface area contributed by atoms with Crippen molar-refractivity contribution in [2.75, 3.05) is 4.90 Å². The van der Waals surface area contributed by atoms with Gasteiger partial charge in [-0.2, -0.15) is 0 Å². The van der Waals surface area contributed by atoms with Gasteiger partial charge in [0.05, 0.1) is 0 Å². The third-order valence-corrected chi connectivity index (χ3v) is 12.8. The molecule has 0 N–H and O–H groups in total. The van der Waals surface area contributed by atoms with E-state index in [2.05, 4.69) is 193 Å². The Balaban J connectivity index is 1.07. The minimum atomic E-state index is -0.0411. The smallest absolute Gasteiger partial charge is 0.0468 e. The number of nitrogens with zero attached hydrogens (tertiary/aromatic N) is 1. The van der Waals surface area contributed by atoms with Crippen LogP contribution < -0.4 is 4.90 Å². The lowest BCUT2D eigenvalue weighted by atomic mass is 9.57. The Morgan fingerprint density at radius 3 is 1.43 bits per heavy atom. The molecular weight excluding hydrogens is 639 g/mol. The average molecular weight is 678 g/mol. The molecule has 11 rings (SSSR count). The summed E-state index contributed by atoms with van der Waals surface area (Å²) in [6, 6.07) is 70.4. The molecule has 1 saturated carbocycles. The van der Waals surface area contributed by atoms with Crippen molar-refractivity contribution in [3.05, 3.63) is 210 Å². The van der Waals surface area contributed by atoms with Crippen LogP contribution in [0.5, 0.6) is 0 Å². The van der Waals surface area contributed by atoms with Gasteiger partial charge >= 0.3 is 0 Å². The van der Waals surface area contributed by atoms with E-state index in [9.17, 15) is 0 Å². The predicted octanol–water partition coefficient (Wildman–Crippen LogP) is 13.8. The van der Waals surface area contributed by atoms with Crippen LogP contribution in [0.2, 0.25) is 0 Å². The van der Waals surface area contributed by atoms with E-state index in [4.69, 9.17) is 0 Å². The molecule has 8 aromatic rings. The van der Waals surface area contributed by atoms with Crippen molar-refractivity contribution in [2.45, 2.75) is 36.5 Å². The number of rotatable bonds is 4. The molecule has 0 saturated heterocycles. The van der Waals surface area contributed by atoms with Crippen molar-refractivity contribution in [3.8, 4) is 33.4 Å². The molecule has 0 atom stereocenters. The molecule has 0 radical (unpaired) electrons. The van der Waals surface area contributed by atoms with E-state index in [0.717, 1.165) is 31.4 Å². The van der Waals surface area contributed by atoms with Crippen molar-refractivity contribution in [1.29, 1.82) is 0 Å². The van der Waals surface area contributed by atoms with Crippen LogP contribution in [0, 0.1) is 0 Å². The molecule has 1 heteroatoms. The van der Waals surface area contributed by atoms with Gasteiger partial charge in [0.15, 0.2) is 0 Å². The number of benzene rings is 8. The van der Waals surface area contributed by atoms with E-state index < -0.39 is 0 Å². The summed E-state index contributed by atoms with van der Waals surface area (Å²) in [5, 5.41) is 2.50. The standard InChI is InChI=1S/C52H39N/c1-2-13-36(14-3-1)39-17-12-18-40(33-39)53(41-26-25-37-15-4-5-16-38(37)34-41)42-27-28-46-45-21-8-11-24-49(45)52(50(46)35-42)31-29-51(30-32-52)47-22-9-6-19-43(47)44-20-7-10-23-48(44)51/h1-28,33-35H,29-32H2. The van der Waals surface area contributed by atoms with Crippen molar-refractivity contribution in [1.82, 2.24) is 0 Å². The Kier molecular flexibility index (Phi) is 6.70. The molecule has 8 aromatic carbocycles. The third kappa shape index (κ3) is 4.50. The van der Waals surface area contributed by atoms with Gasteiger partial charge < -0.3 is 4.90 Å². The van der Waals surface area contributed by atoms with Gasteiger partial charge in [-0.1, -0.05) is 152 Å². The molecular formula is C52H39N. The number of hydrogen-bond acceptors (Lipinski definition) is 1. The van der Waals surface area contributed by atoms with Gasteiger partial charge in [-0.25, -0.2) is 0 Å². The molecule has 2 spiro atoms. The maximum Gasteiger partial charge on any atom is 0.0468 e. The zero-order valence-electron chi connectivity index (χ0n) is 29.7. The van der Waals surface area contributed by atoms with E-state index in [1.807, 2.05) is 0 Å². The van der Waals surface area contributed by atoms with E-state index in [1.165, 1.54) is 77.8 Å². The largest absolute Gasteiger partial charge is 0.310 e. The van der Waals surface area contributed by atoms with Crippen molar-refractivity contribution in [2.24, 2.45) is 0 Å². The second-order valence-corrected chi connectivity index (χ2v) is 15.3. The highest BCUT2D eigenvalue weighted by molar-refractivity contribution is 5.91. The van der Waals surface area contributed by atoms with E-state index in [1.54, 1.807) is 0 Å². The van der Waals surface area contributed by atoms with E-state index in [-0.39, 0.29) is 10.8 Å². The van der Waals surface area contributed by atoms with Gasteiger partial charge in [-0.15, -0.1) is 0 Å². The Morgan fingerprint density at radius 1 is 0.302 bits per heavy atom. The van der Waals surface area contributed by atoms with Crippen LogP contribution in [0.25, 0.3) is 44.2 Å².